The molecule has 0 fully saturated rings. The maximum Gasteiger partial charge on any atom is 0.224 e. The summed E-state index contributed by atoms with van der Waals surface area (Å²) in [5.74, 6) is 0.600. The Morgan fingerprint density at radius 1 is 1.47 bits per heavy atom. The van der Waals surface area contributed by atoms with Gasteiger partial charge in [-0.05, 0) is 18.8 Å². The molecule has 0 aliphatic carbocycles. The van der Waals surface area contributed by atoms with Crippen molar-refractivity contribution in [2.75, 3.05) is 19.0 Å². The summed E-state index contributed by atoms with van der Waals surface area (Å²) in [5.41, 5.74) is 0. The van der Waals surface area contributed by atoms with E-state index in [0.717, 1.165) is 19.3 Å². The minimum Gasteiger partial charge on any atom is -0.396 e. The first-order valence-electron chi connectivity index (χ1n) is 5.60. The number of nitrogens with one attached hydrogen (secondary N) is 1. The lowest BCUT2D eigenvalue weighted by molar-refractivity contribution is -0.124. The SMILES string of the molecule is CCCC(CCO)CNC(=O)C(C)CCl. The van der Waals surface area contributed by atoms with Crippen molar-refractivity contribution in [3.8, 4) is 0 Å². The topological polar surface area (TPSA) is 49.3 Å². The van der Waals surface area contributed by atoms with Gasteiger partial charge >= 0.3 is 0 Å². The van der Waals surface area contributed by atoms with Crippen LogP contribution in [0.4, 0.5) is 0 Å². The quantitative estimate of drug-likeness (QED) is 0.630. The van der Waals surface area contributed by atoms with E-state index >= 15 is 0 Å². The molecule has 0 bridgehead atoms. The van der Waals surface area contributed by atoms with Gasteiger partial charge in [-0.15, -0.1) is 11.6 Å². The Morgan fingerprint density at radius 2 is 2.13 bits per heavy atom. The van der Waals surface area contributed by atoms with Crippen LogP contribution in [0, 0.1) is 11.8 Å². The van der Waals surface area contributed by atoms with E-state index in [1.54, 1.807) is 0 Å². The molecular formula is C11H22ClNO2. The average Bonchev–Trinajstić information content (AvgIpc) is 2.25. The second-order valence-corrected chi connectivity index (χ2v) is 4.28. The third-order valence-corrected chi connectivity index (χ3v) is 2.94. The second-order valence-electron chi connectivity index (χ2n) is 3.97. The zero-order chi connectivity index (χ0) is 11.7. The lowest BCUT2D eigenvalue weighted by Crippen LogP contribution is -2.34. The Hall–Kier alpha value is -0.280. The van der Waals surface area contributed by atoms with Crippen molar-refractivity contribution in [3.63, 3.8) is 0 Å². The number of alkyl halides is 1. The van der Waals surface area contributed by atoms with Gasteiger partial charge in [0, 0.05) is 24.9 Å². The summed E-state index contributed by atoms with van der Waals surface area (Å²) in [6, 6.07) is 0. The summed E-state index contributed by atoms with van der Waals surface area (Å²) in [7, 11) is 0. The van der Waals surface area contributed by atoms with Gasteiger partial charge in [0.05, 0.1) is 0 Å². The number of hydrogen-bond donors (Lipinski definition) is 2. The monoisotopic (exact) mass is 235 g/mol. The minimum atomic E-state index is -0.136. The number of hydrogen-bond acceptors (Lipinski definition) is 2. The van der Waals surface area contributed by atoms with Crippen molar-refractivity contribution in [1.82, 2.24) is 5.32 Å². The molecule has 2 N–H and O–H groups in total. The largest absolute Gasteiger partial charge is 0.396 e. The molecule has 0 aliphatic heterocycles. The van der Waals surface area contributed by atoms with Crippen LogP contribution in [-0.2, 0) is 4.79 Å². The highest BCUT2D eigenvalue weighted by atomic mass is 35.5. The Morgan fingerprint density at radius 3 is 2.60 bits per heavy atom. The molecule has 0 saturated carbocycles. The fourth-order valence-corrected chi connectivity index (χ4v) is 1.57. The van der Waals surface area contributed by atoms with Crippen molar-refractivity contribution in [1.29, 1.82) is 0 Å². The molecule has 90 valence electrons. The molecule has 3 nitrogen and oxygen atoms in total. The molecule has 2 atom stereocenters. The lowest BCUT2D eigenvalue weighted by atomic mass is 10.00. The van der Waals surface area contributed by atoms with Gasteiger partial charge in [0.1, 0.15) is 0 Å². The van der Waals surface area contributed by atoms with Crippen LogP contribution in [0.25, 0.3) is 0 Å². The average molecular weight is 236 g/mol. The summed E-state index contributed by atoms with van der Waals surface area (Å²) in [6.45, 7) is 4.75. The molecule has 4 heteroatoms. The van der Waals surface area contributed by atoms with Gasteiger partial charge in [0.2, 0.25) is 5.91 Å². The maximum atomic E-state index is 11.4. The van der Waals surface area contributed by atoms with Crippen LogP contribution < -0.4 is 5.32 Å². The van der Waals surface area contributed by atoms with Crippen molar-refractivity contribution >= 4 is 17.5 Å². The Kier molecular flexibility index (Phi) is 8.82. The third-order valence-electron chi connectivity index (χ3n) is 2.48. The Labute approximate surface area is 97.2 Å². The van der Waals surface area contributed by atoms with Crippen LogP contribution in [0.5, 0.6) is 0 Å². The lowest BCUT2D eigenvalue weighted by Gasteiger charge is -2.17. The van der Waals surface area contributed by atoms with E-state index in [1.165, 1.54) is 0 Å². The molecule has 0 rings (SSSR count). The second kappa shape index (κ2) is 8.98. The number of carbonyl (C=O) groups is 1. The molecule has 1 amide bonds. The predicted octanol–water partition coefficient (Wildman–Crippen LogP) is 1.78. The van der Waals surface area contributed by atoms with Crippen LogP contribution in [0.15, 0.2) is 0 Å². The molecule has 0 saturated heterocycles. The van der Waals surface area contributed by atoms with Gasteiger partial charge in [0.25, 0.3) is 0 Å². The van der Waals surface area contributed by atoms with Crippen molar-refractivity contribution in [3.05, 3.63) is 0 Å². The van der Waals surface area contributed by atoms with E-state index in [0.29, 0.717) is 18.3 Å². The van der Waals surface area contributed by atoms with Gasteiger partial charge < -0.3 is 10.4 Å². The first-order valence-corrected chi connectivity index (χ1v) is 6.13. The first-order chi connectivity index (χ1) is 7.15. The first kappa shape index (κ1) is 14.7. The number of aliphatic hydroxyl groups is 1. The molecule has 0 aliphatic rings. The van der Waals surface area contributed by atoms with Crippen molar-refractivity contribution in [2.45, 2.75) is 33.1 Å². The van der Waals surface area contributed by atoms with E-state index in [2.05, 4.69) is 12.2 Å². The molecule has 0 spiro atoms. The highest BCUT2D eigenvalue weighted by molar-refractivity contribution is 6.19. The van der Waals surface area contributed by atoms with Gasteiger partial charge in [0.15, 0.2) is 0 Å². The van der Waals surface area contributed by atoms with Crippen LogP contribution in [0.2, 0.25) is 0 Å². The molecule has 0 aromatic carbocycles. The van der Waals surface area contributed by atoms with Gasteiger partial charge in [-0.25, -0.2) is 0 Å². The number of rotatable bonds is 8. The smallest absolute Gasteiger partial charge is 0.224 e. The highest BCUT2D eigenvalue weighted by Crippen LogP contribution is 2.09. The van der Waals surface area contributed by atoms with Crippen LogP contribution in [-0.4, -0.2) is 30.0 Å². The van der Waals surface area contributed by atoms with E-state index in [-0.39, 0.29) is 18.4 Å². The summed E-state index contributed by atoms with van der Waals surface area (Å²) in [6.07, 6.45) is 2.87. The third kappa shape index (κ3) is 6.74. The molecule has 15 heavy (non-hydrogen) atoms. The molecule has 0 heterocycles. The fraction of sp³-hybridized carbons (Fsp3) is 0.909. The standard InChI is InChI=1S/C11H22ClNO2/c1-3-4-10(5-6-14)8-13-11(15)9(2)7-12/h9-10,14H,3-8H2,1-2H3,(H,13,15). The van der Waals surface area contributed by atoms with Crippen molar-refractivity contribution in [2.24, 2.45) is 11.8 Å². The van der Waals surface area contributed by atoms with Crippen LogP contribution in [0.3, 0.4) is 0 Å². The molecular weight excluding hydrogens is 214 g/mol. The van der Waals surface area contributed by atoms with Crippen molar-refractivity contribution < 1.29 is 9.90 Å². The normalized spacial score (nSPS) is 14.7. The summed E-state index contributed by atoms with van der Waals surface area (Å²) in [4.78, 5) is 11.4. The summed E-state index contributed by atoms with van der Waals surface area (Å²) in [5, 5.41) is 11.7. The minimum absolute atomic E-state index is 0.00374. The number of carbonyl (C=O) groups excluding carboxylic acids is 1. The Bertz CT molecular complexity index is 170. The Balaban J connectivity index is 3.82. The predicted molar refractivity (Wildman–Crippen MR) is 63.0 cm³/mol. The molecule has 2 unspecified atom stereocenters. The van der Waals surface area contributed by atoms with E-state index in [9.17, 15) is 4.79 Å². The fourth-order valence-electron chi connectivity index (χ4n) is 1.43. The van der Waals surface area contributed by atoms with Crippen LogP contribution in [0.1, 0.15) is 33.1 Å². The molecule has 0 aromatic heterocycles. The van der Waals surface area contributed by atoms with E-state index < -0.39 is 0 Å². The van der Waals surface area contributed by atoms with E-state index in [4.69, 9.17) is 16.7 Å². The number of aliphatic hydroxyl groups excluding tert-OH is 1. The zero-order valence-corrected chi connectivity index (χ0v) is 10.4. The van der Waals surface area contributed by atoms with Gasteiger partial charge in [-0.1, -0.05) is 20.3 Å². The highest BCUT2D eigenvalue weighted by Gasteiger charge is 2.13. The number of halogens is 1. The number of amides is 1. The molecule has 0 radical (unpaired) electrons. The van der Waals surface area contributed by atoms with Crippen LogP contribution >= 0.6 is 11.6 Å². The van der Waals surface area contributed by atoms with Gasteiger partial charge in [-0.3, -0.25) is 4.79 Å². The maximum absolute atomic E-state index is 11.4. The zero-order valence-electron chi connectivity index (χ0n) is 9.63. The summed E-state index contributed by atoms with van der Waals surface area (Å²) >= 11 is 5.58. The van der Waals surface area contributed by atoms with Gasteiger partial charge in [-0.2, -0.15) is 0 Å². The summed E-state index contributed by atoms with van der Waals surface area (Å²) < 4.78 is 0. The molecule has 0 aromatic rings. The van der Waals surface area contributed by atoms with E-state index in [1.807, 2.05) is 6.92 Å².